The van der Waals surface area contributed by atoms with E-state index in [1.54, 1.807) is 7.11 Å². The molecule has 5 nitrogen and oxygen atoms in total. The number of aromatic nitrogens is 2. The fourth-order valence-electron chi connectivity index (χ4n) is 9.77. The third kappa shape index (κ3) is 7.39. The number of nitrogens with zero attached hydrogens (tertiary/aromatic N) is 2. The number of ether oxygens (including phenoxy) is 3. The second-order valence-electron chi connectivity index (χ2n) is 21.3. The van der Waals surface area contributed by atoms with Gasteiger partial charge in [0.2, 0.25) is 5.52 Å². The highest BCUT2D eigenvalue weighted by molar-refractivity contribution is 6.03. The van der Waals surface area contributed by atoms with E-state index >= 15 is 0 Å². The molecule has 5 aromatic rings. The Morgan fingerprint density at radius 2 is 1.57 bits per heavy atom. The number of hydrogen-bond donors (Lipinski definition) is 0. The molecule has 0 N–H and O–H groups in total. The van der Waals surface area contributed by atoms with E-state index in [2.05, 4.69) is 174 Å². The summed E-state index contributed by atoms with van der Waals surface area (Å²) in [5.41, 5.74) is 7.96. The number of methoxy groups -OCH3 is 1. The van der Waals surface area contributed by atoms with Gasteiger partial charge in [-0.25, -0.2) is 4.57 Å². The molecule has 6 rings (SSSR count). The maximum atomic E-state index is 6.87. The van der Waals surface area contributed by atoms with Crippen LogP contribution in [0.2, 0.25) is 0 Å². The number of pyridine rings is 1. The number of rotatable bonds is 12. The van der Waals surface area contributed by atoms with Crippen LogP contribution < -0.4 is 9.14 Å². The van der Waals surface area contributed by atoms with Crippen LogP contribution in [-0.4, -0.2) is 24.4 Å². The Kier molecular flexibility index (Phi) is 11.4. The standard InChI is InChI=1S/C53H73N2O3/c1-18-35-24-21-25-37(30-35)58-42-27-22-26-41-46(42)54-34-40(49(7,8)9)38-31-36(48(4,5)6)32-39-45(38)47(54)55(41)52(16,19-2)53(39,20-3)28-23-29-57-44(51(13,14)15)33-43(56-17)50(10,11)12/h18,21-22,24-27,30-34,43H,1,19-20,23,28-29H2,2-17H3/q+1. The number of fused-ring (bicyclic) bond motifs is 3. The Balaban J connectivity index is 1.63. The Bertz CT molecular complexity index is 2370. The Morgan fingerprint density at radius 1 is 0.879 bits per heavy atom. The molecule has 0 radical (unpaired) electrons. The molecular weight excluding hydrogens is 713 g/mol. The van der Waals surface area contributed by atoms with E-state index in [0.717, 1.165) is 54.0 Å². The van der Waals surface area contributed by atoms with Crippen LogP contribution in [0.5, 0.6) is 11.5 Å². The molecule has 2 aromatic heterocycles. The molecule has 0 aliphatic carbocycles. The summed E-state index contributed by atoms with van der Waals surface area (Å²) in [7, 11) is 1.80. The normalized spacial score (nSPS) is 19.7. The summed E-state index contributed by atoms with van der Waals surface area (Å²) in [5.74, 6) is 2.65. The van der Waals surface area contributed by atoms with Crippen LogP contribution >= 0.6 is 0 Å². The summed E-state index contributed by atoms with van der Waals surface area (Å²) in [6.07, 6.45) is 10.3. The highest BCUT2D eigenvalue weighted by Gasteiger charge is 2.57. The SMILES string of the molecule is C=Cc1cccc(Oc2cccc3c2[n+]2cc(C(C)(C)C)c4cc(C(C)(C)C)cc5c4c2n3C(C)(CC)C5(CC)CCCOC(=CC(OC)C(C)(C)C)C(C)(C)C)c1. The van der Waals surface area contributed by atoms with Crippen molar-refractivity contribution in [2.24, 2.45) is 10.8 Å². The van der Waals surface area contributed by atoms with Crippen molar-refractivity contribution in [1.29, 1.82) is 0 Å². The van der Waals surface area contributed by atoms with Crippen LogP contribution in [0.25, 0.3) is 33.5 Å². The van der Waals surface area contributed by atoms with Crippen LogP contribution in [-0.2, 0) is 31.3 Å². The molecule has 0 saturated carbocycles. The van der Waals surface area contributed by atoms with E-state index in [4.69, 9.17) is 14.2 Å². The quantitative estimate of drug-likeness (QED) is 0.0718. The maximum Gasteiger partial charge on any atom is 0.296 e. The molecule has 0 bridgehead atoms. The number of para-hydroxylation sites is 1. The third-order valence-corrected chi connectivity index (χ3v) is 13.3. The van der Waals surface area contributed by atoms with Crippen molar-refractivity contribution in [3.05, 3.63) is 101 Å². The number of hydrogen-bond acceptors (Lipinski definition) is 3. The van der Waals surface area contributed by atoms with E-state index in [-0.39, 0.29) is 38.7 Å². The van der Waals surface area contributed by atoms with Crippen LogP contribution in [0, 0.1) is 10.8 Å². The molecular formula is C53H73N2O3+. The van der Waals surface area contributed by atoms with Gasteiger partial charge in [0.25, 0.3) is 5.65 Å². The van der Waals surface area contributed by atoms with Gasteiger partial charge in [-0.1, -0.05) is 134 Å². The largest absolute Gasteiger partial charge is 0.498 e. The molecule has 0 saturated heterocycles. The molecule has 3 atom stereocenters. The summed E-state index contributed by atoms with van der Waals surface area (Å²) >= 11 is 0. The lowest BCUT2D eigenvalue weighted by molar-refractivity contribution is -0.482. The van der Waals surface area contributed by atoms with Gasteiger partial charge >= 0.3 is 0 Å². The highest BCUT2D eigenvalue weighted by Crippen LogP contribution is 2.57. The van der Waals surface area contributed by atoms with Crippen molar-refractivity contribution in [3.63, 3.8) is 0 Å². The first kappa shape index (κ1) is 43.5. The van der Waals surface area contributed by atoms with Gasteiger partial charge in [-0.3, -0.25) is 0 Å². The van der Waals surface area contributed by atoms with Crippen LogP contribution in [0.4, 0.5) is 0 Å². The zero-order valence-electron chi connectivity index (χ0n) is 38.9. The minimum Gasteiger partial charge on any atom is -0.498 e. The second kappa shape index (κ2) is 15.2. The van der Waals surface area contributed by atoms with E-state index in [1.165, 1.54) is 38.6 Å². The van der Waals surface area contributed by atoms with E-state index in [1.807, 2.05) is 18.2 Å². The van der Waals surface area contributed by atoms with Gasteiger partial charge < -0.3 is 14.2 Å². The molecule has 0 spiro atoms. The molecule has 0 amide bonds. The molecule has 0 fully saturated rings. The van der Waals surface area contributed by atoms with Gasteiger partial charge in [-0.2, -0.15) is 4.40 Å². The van der Waals surface area contributed by atoms with Gasteiger partial charge in [0.15, 0.2) is 11.3 Å². The molecule has 5 heteroatoms. The first-order chi connectivity index (χ1) is 27.0. The summed E-state index contributed by atoms with van der Waals surface area (Å²) in [5, 5.41) is 2.73. The Morgan fingerprint density at radius 3 is 2.14 bits per heavy atom. The van der Waals surface area contributed by atoms with Crippen molar-refractivity contribution in [2.45, 2.75) is 157 Å². The molecule has 58 heavy (non-hydrogen) atoms. The highest BCUT2D eigenvalue weighted by atomic mass is 16.5. The van der Waals surface area contributed by atoms with E-state index < -0.39 is 0 Å². The Hall–Kier alpha value is -4.09. The average molecular weight is 786 g/mol. The summed E-state index contributed by atoms with van der Waals surface area (Å²) < 4.78 is 24.9. The fourth-order valence-corrected chi connectivity index (χ4v) is 9.77. The fraction of sp³-hybridized carbons (Fsp3) is 0.528. The first-order valence-electron chi connectivity index (χ1n) is 21.8. The van der Waals surface area contributed by atoms with Crippen LogP contribution in [0.1, 0.15) is 152 Å². The van der Waals surface area contributed by atoms with E-state index in [0.29, 0.717) is 6.61 Å². The lowest BCUT2D eigenvalue weighted by Crippen LogP contribution is -2.53. The van der Waals surface area contributed by atoms with Gasteiger partial charge in [-0.05, 0) is 107 Å². The summed E-state index contributed by atoms with van der Waals surface area (Å²) in [4.78, 5) is 0. The maximum absolute atomic E-state index is 6.87. The monoisotopic (exact) mass is 786 g/mol. The number of benzene rings is 3. The van der Waals surface area contributed by atoms with Gasteiger partial charge in [0, 0.05) is 23.5 Å². The smallest absolute Gasteiger partial charge is 0.296 e. The van der Waals surface area contributed by atoms with Gasteiger partial charge in [0.1, 0.15) is 17.5 Å². The molecule has 3 heterocycles. The van der Waals surface area contributed by atoms with E-state index in [9.17, 15) is 0 Å². The third-order valence-electron chi connectivity index (χ3n) is 13.3. The van der Waals surface area contributed by atoms with Crippen molar-refractivity contribution in [1.82, 2.24) is 4.57 Å². The lowest BCUT2D eigenvalue weighted by Gasteiger charge is -2.50. The molecule has 1 aliphatic rings. The molecule has 1 aliphatic heterocycles. The zero-order valence-corrected chi connectivity index (χ0v) is 38.9. The van der Waals surface area contributed by atoms with Crippen LogP contribution in [0.3, 0.4) is 0 Å². The summed E-state index contributed by atoms with van der Waals surface area (Å²) in [6, 6.07) is 19.9. The predicted octanol–water partition coefficient (Wildman–Crippen LogP) is 14.1. The Labute approximate surface area is 350 Å². The van der Waals surface area contributed by atoms with Crippen molar-refractivity contribution in [3.8, 4) is 11.5 Å². The summed E-state index contributed by atoms with van der Waals surface area (Å²) in [6.45, 7) is 39.5. The molecule has 3 aromatic carbocycles. The number of imidazole rings is 1. The zero-order chi connectivity index (χ0) is 42.8. The first-order valence-corrected chi connectivity index (χ1v) is 21.8. The molecule has 312 valence electrons. The minimum atomic E-state index is -0.272. The van der Waals surface area contributed by atoms with Gasteiger partial charge in [-0.15, -0.1) is 0 Å². The van der Waals surface area contributed by atoms with Gasteiger partial charge in [0.05, 0.1) is 23.9 Å². The minimum absolute atomic E-state index is 0.0321. The van der Waals surface area contributed by atoms with Crippen LogP contribution in [0.15, 0.2) is 79.2 Å². The second-order valence-corrected chi connectivity index (χ2v) is 21.3. The topological polar surface area (TPSA) is 36.7 Å². The van der Waals surface area contributed by atoms with Crippen molar-refractivity contribution in [2.75, 3.05) is 13.7 Å². The number of allylic oxidation sites excluding steroid dienone is 1. The molecule has 3 unspecified atom stereocenters. The predicted molar refractivity (Wildman–Crippen MR) is 245 cm³/mol. The van der Waals surface area contributed by atoms with Crippen molar-refractivity contribution >= 4 is 33.5 Å². The van der Waals surface area contributed by atoms with Crippen molar-refractivity contribution < 1.29 is 18.6 Å². The average Bonchev–Trinajstić information content (AvgIpc) is 3.49. The lowest BCUT2D eigenvalue weighted by atomic mass is 9.57.